The lowest BCUT2D eigenvalue weighted by Crippen LogP contribution is -2.36. The van der Waals surface area contributed by atoms with E-state index in [1.54, 1.807) is 0 Å². The Morgan fingerprint density at radius 1 is 1.04 bits per heavy atom. The summed E-state index contributed by atoms with van der Waals surface area (Å²) in [5.41, 5.74) is 6.03. The maximum atomic E-state index is 9.30. The fourth-order valence-corrected chi connectivity index (χ4v) is 3.74. The summed E-state index contributed by atoms with van der Waals surface area (Å²) in [6, 6.07) is 19.0. The van der Waals surface area contributed by atoms with Crippen LogP contribution in [-0.4, -0.2) is 18.3 Å². The number of para-hydroxylation sites is 2. The van der Waals surface area contributed by atoms with E-state index in [1.807, 2.05) is 12.3 Å². The van der Waals surface area contributed by atoms with E-state index in [1.165, 1.54) is 27.8 Å². The highest BCUT2D eigenvalue weighted by molar-refractivity contribution is 5.89. The Labute approximate surface area is 166 Å². The Hall–Kier alpha value is -3.17. The Balaban J connectivity index is 1.68. The molecule has 2 heterocycles. The van der Waals surface area contributed by atoms with E-state index in [2.05, 4.69) is 95.4 Å². The zero-order valence-corrected chi connectivity index (χ0v) is 16.1. The number of aliphatic hydroxyl groups is 1. The molecule has 0 bridgehead atoms. The molecule has 0 atom stereocenters. The molecule has 0 saturated heterocycles. The van der Waals surface area contributed by atoms with Crippen molar-refractivity contribution in [3.63, 3.8) is 0 Å². The summed E-state index contributed by atoms with van der Waals surface area (Å²) in [4.78, 5) is 2.26. The number of allylic oxidation sites excluding steroid dienone is 4. The molecule has 1 aromatic heterocycles. The molecule has 0 radical (unpaired) electrons. The number of hydrogen-bond acceptors (Lipinski definition) is 2. The molecule has 0 unspecified atom stereocenters. The van der Waals surface area contributed by atoms with Crippen LogP contribution in [0.1, 0.15) is 18.1 Å². The summed E-state index contributed by atoms with van der Waals surface area (Å²) in [6.07, 6.45) is 12.8. The normalized spacial score (nSPS) is 14.9. The first-order chi connectivity index (χ1) is 13.8. The molecule has 0 saturated carbocycles. The van der Waals surface area contributed by atoms with E-state index in [4.69, 9.17) is 0 Å². The molecule has 140 valence electrons. The highest BCUT2D eigenvalue weighted by Gasteiger charge is 2.14. The Bertz CT molecular complexity index is 1080. The summed E-state index contributed by atoms with van der Waals surface area (Å²) >= 11 is 0. The molecule has 1 aliphatic heterocycles. The topological polar surface area (TPSA) is 27.4 Å². The van der Waals surface area contributed by atoms with Crippen molar-refractivity contribution in [1.82, 2.24) is 0 Å². The zero-order valence-electron chi connectivity index (χ0n) is 16.1. The third-order valence-electron chi connectivity index (χ3n) is 5.15. The minimum atomic E-state index is 0.135. The number of rotatable bonds is 5. The molecule has 0 aliphatic carbocycles. The highest BCUT2D eigenvalue weighted by Crippen LogP contribution is 2.32. The van der Waals surface area contributed by atoms with Crippen molar-refractivity contribution < 1.29 is 9.67 Å². The van der Waals surface area contributed by atoms with Crippen molar-refractivity contribution in [2.75, 3.05) is 18.1 Å². The maximum absolute atomic E-state index is 9.30. The van der Waals surface area contributed by atoms with Crippen LogP contribution >= 0.6 is 0 Å². The van der Waals surface area contributed by atoms with Gasteiger partial charge in [-0.1, -0.05) is 48.6 Å². The third-order valence-corrected chi connectivity index (χ3v) is 5.15. The van der Waals surface area contributed by atoms with Gasteiger partial charge in [0.2, 0.25) is 5.52 Å². The SMILES string of the molecule is CCN1C=C/C(=C\C=C\c2cc[n+](CCO)c3ccccc23)c2ccccc21. The zero-order chi connectivity index (χ0) is 19.3. The van der Waals surface area contributed by atoms with E-state index in [0.717, 1.165) is 12.1 Å². The van der Waals surface area contributed by atoms with E-state index >= 15 is 0 Å². The van der Waals surface area contributed by atoms with Crippen LogP contribution in [0.25, 0.3) is 22.6 Å². The van der Waals surface area contributed by atoms with Gasteiger partial charge in [0, 0.05) is 36.1 Å². The highest BCUT2D eigenvalue weighted by atomic mass is 16.3. The summed E-state index contributed by atoms with van der Waals surface area (Å²) in [6.45, 7) is 3.86. The van der Waals surface area contributed by atoms with Gasteiger partial charge in [-0.2, -0.15) is 4.57 Å². The van der Waals surface area contributed by atoms with Crippen LogP contribution in [0, 0.1) is 0 Å². The van der Waals surface area contributed by atoms with Crippen LogP contribution in [0.5, 0.6) is 0 Å². The number of hydrogen-bond donors (Lipinski definition) is 1. The number of anilines is 1. The predicted octanol–water partition coefficient (Wildman–Crippen LogP) is 4.57. The minimum Gasteiger partial charge on any atom is -0.390 e. The van der Waals surface area contributed by atoms with Crippen molar-refractivity contribution in [1.29, 1.82) is 0 Å². The molecular weight excluding hydrogens is 344 g/mol. The predicted molar refractivity (Wildman–Crippen MR) is 117 cm³/mol. The van der Waals surface area contributed by atoms with Crippen LogP contribution < -0.4 is 9.47 Å². The first-order valence-corrected chi connectivity index (χ1v) is 9.76. The lowest BCUT2D eigenvalue weighted by molar-refractivity contribution is -0.672. The number of fused-ring (bicyclic) bond motifs is 2. The molecule has 3 aromatic rings. The van der Waals surface area contributed by atoms with Gasteiger partial charge in [0.25, 0.3) is 0 Å². The van der Waals surface area contributed by atoms with Gasteiger partial charge in [-0.3, -0.25) is 0 Å². The quantitative estimate of drug-likeness (QED) is 0.667. The summed E-state index contributed by atoms with van der Waals surface area (Å²) in [5, 5.41) is 10.5. The van der Waals surface area contributed by atoms with Crippen LogP contribution in [0.15, 0.2) is 85.2 Å². The Morgan fingerprint density at radius 3 is 2.71 bits per heavy atom. The number of aliphatic hydroxyl groups excluding tert-OH is 1. The average molecular weight is 369 g/mol. The van der Waals surface area contributed by atoms with Crippen molar-refractivity contribution in [3.8, 4) is 0 Å². The van der Waals surface area contributed by atoms with Crippen LogP contribution in [-0.2, 0) is 6.54 Å². The molecule has 0 amide bonds. The van der Waals surface area contributed by atoms with Gasteiger partial charge in [-0.15, -0.1) is 0 Å². The maximum Gasteiger partial charge on any atom is 0.213 e. The van der Waals surface area contributed by atoms with Gasteiger partial charge in [0.15, 0.2) is 12.7 Å². The molecule has 1 aliphatic rings. The van der Waals surface area contributed by atoms with Crippen molar-refractivity contribution in [2.45, 2.75) is 13.5 Å². The van der Waals surface area contributed by atoms with E-state index < -0.39 is 0 Å². The second-order valence-electron chi connectivity index (χ2n) is 6.81. The fourth-order valence-electron chi connectivity index (χ4n) is 3.74. The van der Waals surface area contributed by atoms with Gasteiger partial charge in [0.1, 0.15) is 6.61 Å². The van der Waals surface area contributed by atoms with Crippen molar-refractivity contribution in [2.24, 2.45) is 0 Å². The second kappa shape index (κ2) is 8.24. The van der Waals surface area contributed by atoms with Crippen LogP contribution in [0.3, 0.4) is 0 Å². The summed E-state index contributed by atoms with van der Waals surface area (Å²) in [7, 11) is 0. The fraction of sp³-hybridized carbons (Fsp3) is 0.160. The lowest BCUT2D eigenvalue weighted by Gasteiger charge is -2.26. The number of pyridine rings is 1. The smallest absolute Gasteiger partial charge is 0.213 e. The third kappa shape index (κ3) is 3.49. The Morgan fingerprint density at radius 2 is 1.86 bits per heavy atom. The average Bonchev–Trinajstić information content (AvgIpc) is 2.75. The minimum absolute atomic E-state index is 0.135. The van der Waals surface area contributed by atoms with Crippen molar-refractivity contribution in [3.05, 3.63) is 96.3 Å². The van der Waals surface area contributed by atoms with Crippen LogP contribution in [0.2, 0.25) is 0 Å². The largest absolute Gasteiger partial charge is 0.390 e. The molecule has 3 nitrogen and oxygen atoms in total. The number of nitrogens with zero attached hydrogens (tertiary/aromatic N) is 2. The van der Waals surface area contributed by atoms with E-state index in [9.17, 15) is 5.11 Å². The first-order valence-electron chi connectivity index (χ1n) is 9.76. The monoisotopic (exact) mass is 369 g/mol. The number of benzene rings is 2. The molecule has 1 N–H and O–H groups in total. The lowest BCUT2D eigenvalue weighted by atomic mass is 9.99. The summed E-state index contributed by atoms with van der Waals surface area (Å²) < 4.78 is 2.09. The molecule has 3 heteroatoms. The second-order valence-corrected chi connectivity index (χ2v) is 6.81. The standard InChI is InChI=1S/C25H25N2O/c1-2-26-16-14-20(22-10-3-5-12-24(22)26)8-7-9-21-15-17-27(18-19-28)25-13-6-4-11-23(21)25/h3-17,28H,2,18-19H2,1H3/q+1. The first kappa shape index (κ1) is 18.2. The van der Waals surface area contributed by atoms with E-state index in [0.29, 0.717) is 6.54 Å². The van der Waals surface area contributed by atoms with Gasteiger partial charge in [-0.25, -0.2) is 0 Å². The molecule has 0 spiro atoms. The van der Waals surface area contributed by atoms with Gasteiger partial charge in [0.05, 0.1) is 5.39 Å². The van der Waals surface area contributed by atoms with Crippen LogP contribution in [0.4, 0.5) is 5.69 Å². The van der Waals surface area contributed by atoms with Gasteiger partial charge < -0.3 is 10.0 Å². The molecule has 2 aromatic carbocycles. The Kier molecular flexibility index (Phi) is 5.36. The van der Waals surface area contributed by atoms with Gasteiger partial charge >= 0.3 is 0 Å². The molecular formula is C25H25N2O+. The molecule has 28 heavy (non-hydrogen) atoms. The molecule has 4 rings (SSSR count). The number of aromatic nitrogens is 1. The van der Waals surface area contributed by atoms with Gasteiger partial charge in [-0.05, 0) is 36.3 Å². The van der Waals surface area contributed by atoms with E-state index in [-0.39, 0.29) is 6.61 Å². The summed E-state index contributed by atoms with van der Waals surface area (Å²) in [5.74, 6) is 0. The van der Waals surface area contributed by atoms with Crippen molar-refractivity contribution >= 4 is 28.2 Å². The molecule has 0 fully saturated rings.